The van der Waals surface area contributed by atoms with Crippen molar-refractivity contribution >= 4 is 29.2 Å². The van der Waals surface area contributed by atoms with Crippen LogP contribution in [0.2, 0.25) is 5.02 Å². The number of hydrogen-bond acceptors (Lipinski definition) is 3. The van der Waals surface area contributed by atoms with E-state index in [-0.39, 0.29) is 5.92 Å². The fourth-order valence-electron chi connectivity index (χ4n) is 2.34. The van der Waals surface area contributed by atoms with Gasteiger partial charge in [0.1, 0.15) is 0 Å². The summed E-state index contributed by atoms with van der Waals surface area (Å²) in [6.07, 6.45) is -0.292. The molecule has 0 fully saturated rings. The lowest BCUT2D eigenvalue weighted by Gasteiger charge is -2.18. The zero-order chi connectivity index (χ0) is 17.5. The van der Waals surface area contributed by atoms with Gasteiger partial charge in [0.15, 0.2) is 6.10 Å². The number of benzene rings is 2. The molecule has 2 rings (SSSR count). The van der Waals surface area contributed by atoms with Crippen molar-refractivity contribution in [2.75, 3.05) is 5.32 Å². The molecule has 0 aliphatic rings. The van der Waals surface area contributed by atoms with Crippen molar-refractivity contribution in [3.63, 3.8) is 0 Å². The van der Waals surface area contributed by atoms with Crippen LogP contribution in [0.4, 0.5) is 5.69 Å². The maximum absolute atomic E-state index is 12.4. The number of nitrogens with one attached hydrogen (secondary N) is 1. The van der Waals surface area contributed by atoms with E-state index >= 15 is 0 Å². The lowest BCUT2D eigenvalue weighted by Crippen LogP contribution is -2.31. The molecule has 0 unspecified atom stereocenters. The maximum atomic E-state index is 12.4. The van der Waals surface area contributed by atoms with Gasteiger partial charge in [0.2, 0.25) is 0 Å². The second-order valence-electron chi connectivity index (χ2n) is 5.45. The molecule has 0 aromatic heterocycles. The molecule has 4 nitrogen and oxygen atoms in total. The first-order valence-electron chi connectivity index (χ1n) is 7.83. The van der Waals surface area contributed by atoms with Gasteiger partial charge >= 0.3 is 5.97 Å². The van der Waals surface area contributed by atoms with E-state index in [0.29, 0.717) is 17.1 Å². The van der Waals surface area contributed by atoms with Gasteiger partial charge in [-0.05, 0) is 37.1 Å². The summed E-state index contributed by atoms with van der Waals surface area (Å²) >= 11 is 5.88. The average molecular weight is 346 g/mol. The molecule has 0 heterocycles. The lowest BCUT2D eigenvalue weighted by molar-refractivity contribution is -0.154. The monoisotopic (exact) mass is 345 g/mol. The Labute approximate surface area is 146 Å². The number of carbonyl (C=O) groups is 2. The van der Waals surface area contributed by atoms with Crippen molar-refractivity contribution < 1.29 is 14.3 Å². The van der Waals surface area contributed by atoms with Crippen LogP contribution in [0.3, 0.4) is 0 Å². The standard InChI is InChI=1S/C19H20ClNO3/c1-3-17(14-8-5-4-6-9-14)19(23)24-13(2)18(22)21-16-11-7-10-15(20)12-16/h4-13,17H,3H2,1-2H3,(H,21,22)/t13-,17+/m0/s1. The second-order valence-corrected chi connectivity index (χ2v) is 5.89. The number of halogens is 1. The van der Waals surface area contributed by atoms with Crippen LogP contribution in [-0.2, 0) is 14.3 Å². The zero-order valence-corrected chi connectivity index (χ0v) is 14.4. The zero-order valence-electron chi connectivity index (χ0n) is 13.7. The molecule has 2 aromatic rings. The van der Waals surface area contributed by atoms with Crippen molar-refractivity contribution in [3.8, 4) is 0 Å². The van der Waals surface area contributed by atoms with Crippen LogP contribution in [0.25, 0.3) is 0 Å². The van der Waals surface area contributed by atoms with E-state index in [9.17, 15) is 9.59 Å². The minimum Gasteiger partial charge on any atom is -0.452 e. The third kappa shape index (κ3) is 4.83. The van der Waals surface area contributed by atoms with Gasteiger partial charge in [-0.2, -0.15) is 0 Å². The van der Waals surface area contributed by atoms with Crippen LogP contribution in [0.15, 0.2) is 54.6 Å². The molecule has 2 atom stereocenters. The number of anilines is 1. The van der Waals surface area contributed by atoms with E-state index in [1.165, 1.54) is 0 Å². The number of amides is 1. The molecule has 0 saturated carbocycles. The number of esters is 1. The molecule has 0 aliphatic carbocycles. The highest BCUT2D eigenvalue weighted by Crippen LogP contribution is 2.22. The van der Waals surface area contributed by atoms with Gasteiger partial charge < -0.3 is 10.1 Å². The average Bonchev–Trinajstić information content (AvgIpc) is 2.56. The molecule has 126 valence electrons. The molecule has 1 N–H and O–H groups in total. The van der Waals surface area contributed by atoms with Crippen LogP contribution in [-0.4, -0.2) is 18.0 Å². The van der Waals surface area contributed by atoms with Gasteiger partial charge in [-0.25, -0.2) is 0 Å². The van der Waals surface area contributed by atoms with Crippen molar-refractivity contribution in [1.82, 2.24) is 0 Å². The Morgan fingerprint density at radius 1 is 1.12 bits per heavy atom. The lowest BCUT2D eigenvalue weighted by atomic mass is 9.97. The Balaban J connectivity index is 1.98. The summed E-state index contributed by atoms with van der Waals surface area (Å²) < 4.78 is 5.34. The predicted octanol–water partition coefficient (Wildman–Crippen LogP) is 4.40. The SMILES string of the molecule is CC[C@@H](C(=O)O[C@@H](C)C(=O)Nc1cccc(Cl)c1)c1ccccc1. The van der Waals surface area contributed by atoms with Gasteiger partial charge in [0.25, 0.3) is 5.91 Å². The van der Waals surface area contributed by atoms with Crippen LogP contribution in [0.5, 0.6) is 0 Å². The molecule has 5 heteroatoms. The van der Waals surface area contributed by atoms with Crippen LogP contribution in [0.1, 0.15) is 31.7 Å². The van der Waals surface area contributed by atoms with Gasteiger partial charge in [0, 0.05) is 10.7 Å². The molecule has 0 radical (unpaired) electrons. The first-order valence-corrected chi connectivity index (χ1v) is 8.21. The van der Waals surface area contributed by atoms with Gasteiger partial charge in [-0.3, -0.25) is 9.59 Å². The summed E-state index contributed by atoms with van der Waals surface area (Å²) in [5.41, 5.74) is 1.44. The Kier molecular flexibility index (Phi) is 6.38. The minimum absolute atomic E-state index is 0.382. The fourth-order valence-corrected chi connectivity index (χ4v) is 2.53. The van der Waals surface area contributed by atoms with Crippen LogP contribution >= 0.6 is 11.6 Å². The molecule has 0 aliphatic heterocycles. The number of ether oxygens (including phenoxy) is 1. The van der Waals surface area contributed by atoms with E-state index in [0.717, 1.165) is 5.56 Å². The Morgan fingerprint density at radius 3 is 2.46 bits per heavy atom. The van der Waals surface area contributed by atoms with Crippen molar-refractivity contribution in [3.05, 3.63) is 65.2 Å². The Bertz CT molecular complexity index is 703. The summed E-state index contributed by atoms with van der Waals surface area (Å²) in [4.78, 5) is 24.5. The van der Waals surface area contributed by atoms with Gasteiger partial charge in [-0.15, -0.1) is 0 Å². The second kappa shape index (κ2) is 8.50. The Morgan fingerprint density at radius 2 is 1.83 bits per heavy atom. The summed E-state index contributed by atoms with van der Waals surface area (Å²) in [6, 6.07) is 16.2. The van der Waals surface area contributed by atoms with E-state index in [1.807, 2.05) is 37.3 Å². The topological polar surface area (TPSA) is 55.4 Å². The largest absolute Gasteiger partial charge is 0.452 e. The summed E-state index contributed by atoms with van der Waals surface area (Å²) in [5.74, 6) is -1.18. The highest BCUT2D eigenvalue weighted by molar-refractivity contribution is 6.30. The number of hydrogen-bond donors (Lipinski definition) is 1. The van der Waals surface area contributed by atoms with Crippen LogP contribution < -0.4 is 5.32 Å². The molecule has 0 spiro atoms. The van der Waals surface area contributed by atoms with Crippen molar-refractivity contribution in [2.45, 2.75) is 32.3 Å². The smallest absolute Gasteiger partial charge is 0.314 e. The minimum atomic E-state index is -0.894. The van der Waals surface area contributed by atoms with E-state index in [2.05, 4.69) is 5.32 Å². The quantitative estimate of drug-likeness (QED) is 0.789. The molecule has 2 aromatic carbocycles. The van der Waals surface area contributed by atoms with E-state index < -0.39 is 18.0 Å². The van der Waals surface area contributed by atoms with Crippen molar-refractivity contribution in [1.29, 1.82) is 0 Å². The predicted molar refractivity (Wildman–Crippen MR) is 95.1 cm³/mol. The van der Waals surface area contributed by atoms with Crippen molar-refractivity contribution in [2.24, 2.45) is 0 Å². The van der Waals surface area contributed by atoms with Crippen LogP contribution in [0, 0.1) is 0 Å². The van der Waals surface area contributed by atoms with E-state index in [1.54, 1.807) is 31.2 Å². The molecule has 0 saturated heterocycles. The van der Waals surface area contributed by atoms with E-state index in [4.69, 9.17) is 16.3 Å². The molecule has 1 amide bonds. The summed E-state index contributed by atoms with van der Waals surface area (Å²) in [7, 11) is 0. The molecular weight excluding hydrogens is 326 g/mol. The number of carbonyl (C=O) groups excluding carboxylic acids is 2. The summed E-state index contributed by atoms with van der Waals surface area (Å²) in [5, 5.41) is 3.20. The normalized spacial score (nSPS) is 13.0. The third-order valence-corrected chi connectivity index (χ3v) is 3.88. The number of rotatable bonds is 6. The molecular formula is C19H20ClNO3. The third-order valence-electron chi connectivity index (χ3n) is 3.65. The highest BCUT2D eigenvalue weighted by atomic mass is 35.5. The summed E-state index contributed by atoms with van der Waals surface area (Å²) in [6.45, 7) is 3.46. The van der Waals surface area contributed by atoms with Gasteiger partial charge in [-0.1, -0.05) is 54.9 Å². The Hall–Kier alpha value is -2.33. The first kappa shape index (κ1) is 18.0. The molecule has 24 heavy (non-hydrogen) atoms. The highest BCUT2D eigenvalue weighted by Gasteiger charge is 2.25. The molecule has 0 bridgehead atoms. The fraction of sp³-hybridized carbons (Fsp3) is 0.263. The maximum Gasteiger partial charge on any atom is 0.314 e. The first-order chi connectivity index (χ1) is 11.5. The van der Waals surface area contributed by atoms with Gasteiger partial charge in [0.05, 0.1) is 5.92 Å².